The maximum absolute atomic E-state index is 12.5. The van der Waals surface area contributed by atoms with E-state index in [1.54, 1.807) is 0 Å². The fourth-order valence-electron chi connectivity index (χ4n) is 5.39. The lowest BCUT2D eigenvalue weighted by atomic mass is 10.1. The maximum Gasteiger partial charge on any atom is 0.472 e. The Labute approximate surface area is 310 Å². The van der Waals surface area contributed by atoms with Gasteiger partial charge in [0.2, 0.25) is 0 Å². The van der Waals surface area contributed by atoms with Crippen LogP contribution in [0.3, 0.4) is 0 Å². The van der Waals surface area contributed by atoms with Crippen molar-refractivity contribution in [3.05, 3.63) is 24.3 Å². The lowest BCUT2D eigenvalue weighted by molar-refractivity contribution is -0.161. The molecule has 0 saturated carbocycles. The van der Waals surface area contributed by atoms with Crippen LogP contribution in [0.4, 0.5) is 0 Å². The Bertz CT molecular complexity index is 910. The first-order valence-electron chi connectivity index (χ1n) is 20.3. The van der Waals surface area contributed by atoms with Crippen molar-refractivity contribution in [2.45, 2.75) is 193 Å². The summed E-state index contributed by atoms with van der Waals surface area (Å²) in [5.41, 5.74) is 0. The average molecular weight is 747 g/mol. The summed E-state index contributed by atoms with van der Waals surface area (Å²) in [6.07, 6.45) is 34.3. The number of aliphatic hydroxyl groups excluding tert-OH is 2. The molecular formula is C40H75O10P. The fourth-order valence-corrected chi connectivity index (χ4v) is 6.18. The van der Waals surface area contributed by atoms with Gasteiger partial charge in [0.05, 0.1) is 19.8 Å². The summed E-state index contributed by atoms with van der Waals surface area (Å²) in [5.74, 6) is -0.959. The van der Waals surface area contributed by atoms with Crippen LogP contribution < -0.4 is 0 Å². The van der Waals surface area contributed by atoms with Crippen LogP contribution in [-0.2, 0) is 32.7 Å². The van der Waals surface area contributed by atoms with Gasteiger partial charge in [-0.3, -0.25) is 18.6 Å². The SMILES string of the molecule is CCCCCC/C=C/CCCCCCCC(=O)O[C@H](COC(=O)CCCC/C=C/CCCCCCCCCCC)COP(=O)(O)OC[C@@H](O)CO. The summed E-state index contributed by atoms with van der Waals surface area (Å²) in [5, 5.41) is 18.3. The molecule has 0 aromatic carbocycles. The van der Waals surface area contributed by atoms with Crippen LogP contribution in [0.25, 0.3) is 0 Å². The van der Waals surface area contributed by atoms with Gasteiger partial charge in [0.15, 0.2) is 6.10 Å². The number of esters is 2. The Morgan fingerprint density at radius 3 is 1.47 bits per heavy atom. The van der Waals surface area contributed by atoms with E-state index in [4.69, 9.17) is 19.1 Å². The maximum atomic E-state index is 12.5. The van der Waals surface area contributed by atoms with Crippen LogP contribution in [0, 0.1) is 0 Å². The second-order valence-corrected chi connectivity index (χ2v) is 15.1. The first-order valence-corrected chi connectivity index (χ1v) is 21.8. The summed E-state index contributed by atoms with van der Waals surface area (Å²) in [6.45, 7) is 2.33. The molecule has 0 aromatic rings. The zero-order chi connectivity index (χ0) is 37.7. The van der Waals surface area contributed by atoms with Crippen molar-refractivity contribution >= 4 is 19.8 Å². The minimum absolute atomic E-state index is 0.171. The van der Waals surface area contributed by atoms with Crippen molar-refractivity contribution < 1.29 is 47.8 Å². The number of rotatable bonds is 38. The summed E-state index contributed by atoms with van der Waals surface area (Å²) in [6, 6.07) is 0. The molecule has 0 heterocycles. The van der Waals surface area contributed by atoms with E-state index >= 15 is 0 Å². The molecule has 0 radical (unpaired) electrons. The van der Waals surface area contributed by atoms with E-state index in [1.807, 2.05) is 0 Å². The molecule has 11 heteroatoms. The third kappa shape index (κ3) is 36.6. The molecule has 0 aromatic heterocycles. The Morgan fingerprint density at radius 2 is 0.961 bits per heavy atom. The fraction of sp³-hybridized carbons (Fsp3) is 0.850. The summed E-state index contributed by atoms with van der Waals surface area (Å²) < 4.78 is 32.6. The molecule has 0 spiro atoms. The number of unbranched alkanes of at least 4 members (excludes halogenated alkanes) is 20. The molecule has 0 rings (SSSR count). The van der Waals surface area contributed by atoms with E-state index in [2.05, 4.69) is 42.7 Å². The number of allylic oxidation sites excluding steroid dienone is 4. The van der Waals surface area contributed by atoms with Crippen LogP contribution in [0.15, 0.2) is 24.3 Å². The van der Waals surface area contributed by atoms with Crippen LogP contribution in [0.1, 0.15) is 181 Å². The molecule has 0 aliphatic rings. The Hall–Kier alpha value is -1.55. The highest BCUT2D eigenvalue weighted by Crippen LogP contribution is 2.43. The molecule has 0 amide bonds. The molecule has 3 atom stereocenters. The van der Waals surface area contributed by atoms with Gasteiger partial charge in [-0.1, -0.05) is 128 Å². The van der Waals surface area contributed by atoms with Crippen LogP contribution in [0.2, 0.25) is 0 Å². The Kier molecular flexibility index (Phi) is 35.7. The van der Waals surface area contributed by atoms with Crippen LogP contribution in [0.5, 0.6) is 0 Å². The highest BCUT2D eigenvalue weighted by atomic mass is 31.2. The molecule has 51 heavy (non-hydrogen) atoms. The van der Waals surface area contributed by atoms with Gasteiger partial charge in [-0.25, -0.2) is 4.57 Å². The molecule has 3 N–H and O–H groups in total. The van der Waals surface area contributed by atoms with Crippen molar-refractivity contribution in [1.29, 1.82) is 0 Å². The van der Waals surface area contributed by atoms with Gasteiger partial charge in [-0.2, -0.15) is 0 Å². The largest absolute Gasteiger partial charge is 0.472 e. The lowest BCUT2D eigenvalue weighted by Crippen LogP contribution is -2.29. The van der Waals surface area contributed by atoms with Gasteiger partial charge < -0.3 is 24.6 Å². The smallest absolute Gasteiger partial charge is 0.462 e. The van der Waals surface area contributed by atoms with Crippen LogP contribution in [-0.4, -0.2) is 65.7 Å². The number of hydrogen-bond donors (Lipinski definition) is 3. The van der Waals surface area contributed by atoms with E-state index in [0.717, 1.165) is 57.8 Å². The van der Waals surface area contributed by atoms with E-state index in [1.165, 1.54) is 83.5 Å². The first kappa shape index (κ1) is 49.5. The van der Waals surface area contributed by atoms with Crippen molar-refractivity contribution in [3.63, 3.8) is 0 Å². The predicted molar refractivity (Wildman–Crippen MR) is 205 cm³/mol. The second kappa shape index (κ2) is 36.8. The molecule has 0 bridgehead atoms. The van der Waals surface area contributed by atoms with Crippen molar-refractivity contribution in [2.75, 3.05) is 26.4 Å². The molecule has 0 aliphatic carbocycles. The molecule has 300 valence electrons. The van der Waals surface area contributed by atoms with Crippen molar-refractivity contribution in [1.82, 2.24) is 0 Å². The average Bonchev–Trinajstić information content (AvgIpc) is 3.12. The highest BCUT2D eigenvalue weighted by molar-refractivity contribution is 7.47. The van der Waals surface area contributed by atoms with E-state index in [9.17, 15) is 24.2 Å². The highest BCUT2D eigenvalue weighted by Gasteiger charge is 2.27. The summed E-state index contributed by atoms with van der Waals surface area (Å²) >= 11 is 0. The van der Waals surface area contributed by atoms with Crippen molar-refractivity contribution in [2.24, 2.45) is 0 Å². The number of carbonyl (C=O) groups is 2. The molecule has 10 nitrogen and oxygen atoms in total. The van der Waals surface area contributed by atoms with Gasteiger partial charge in [0.25, 0.3) is 0 Å². The van der Waals surface area contributed by atoms with Crippen LogP contribution >= 0.6 is 7.82 Å². The predicted octanol–water partition coefficient (Wildman–Crippen LogP) is 10.2. The molecule has 0 aliphatic heterocycles. The normalized spacial score (nSPS) is 14.2. The second-order valence-electron chi connectivity index (χ2n) is 13.7. The summed E-state index contributed by atoms with van der Waals surface area (Å²) in [7, 11) is -4.62. The summed E-state index contributed by atoms with van der Waals surface area (Å²) in [4.78, 5) is 34.8. The Balaban J connectivity index is 4.37. The van der Waals surface area contributed by atoms with E-state index in [0.29, 0.717) is 12.8 Å². The van der Waals surface area contributed by atoms with E-state index < -0.39 is 51.8 Å². The number of carbonyl (C=O) groups excluding carboxylic acids is 2. The van der Waals surface area contributed by atoms with E-state index in [-0.39, 0.29) is 19.4 Å². The minimum atomic E-state index is -4.62. The third-order valence-corrected chi connectivity index (χ3v) is 9.53. The number of aliphatic hydroxyl groups is 2. The number of phosphoric acid groups is 1. The lowest BCUT2D eigenvalue weighted by Gasteiger charge is -2.20. The Morgan fingerprint density at radius 1 is 0.569 bits per heavy atom. The van der Waals surface area contributed by atoms with Gasteiger partial charge in [0, 0.05) is 12.8 Å². The standard InChI is InChI=1S/C40H75O10P/c1-3-5-7-9-11-13-15-17-18-20-21-23-25-27-29-31-39(43)47-35-38(36-49-51(45,46)48-34-37(42)33-41)50-40(44)32-30-28-26-24-22-19-16-14-12-10-8-6-4-2/h14,16,21,23,37-38,41-42H,3-13,15,17-20,22,24-36H2,1-2H3,(H,45,46)/b16-14+,23-21+/t37-,38+/m0/s1. The van der Waals surface area contributed by atoms with Crippen molar-refractivity contribution in [3.8, 4) is 0 Å². The molecule has 0 saturated heterocycles. The zero-order valence-electron chi connectivity index (χ0n) is 32.3. The first-order chi connectivity index (χ1) is 24.7. The monoisotopic (exact) mass is 747 g/mol. The third-order valence-electron chi connectivity index (χ3n) is 8.58. The van der Waals surface area contributed by atoms with Gasteiger partial charge >= 0.3 is 19.8 Å². The topological polar surface area (TPSA) is 149 Å². The quantitative estimate of drug-likeness (QED) is 0.0241. The zero-order valence-corrected chi connectivity index (χ0v) is 33.2. The molecular weight excluding hydrogens is 671 g/mol. The van der Waals surface area contributed by atoms with Gasteiger partial charge in [-0.15, -0.1) is 0 Å². The molecule has 1 unspecified atom stereocenters. The van der Waals surface area contributed by atoms with Gasteiger partial charge in [-0.05, 0) is 64.2 Å². The number of ether oxygens (including phenoxy) is 2. The van der Waals surface area contributed by atoms with Gasteiger partial charge in [0.1, 0.15) is 12.7 Å². The number of hydrogen-bond acceptors (Lipinski definition) is 9. The molecule has 0 fully saturated rings. The minimum Gasteiger partial charge on any atom is -0.462 e. The number of phosphoric ester groups is 1.